The summed E-state index contributed by atoms with van der Waals surface area (Å²) < 4.78 is 11.8. The fourth-order valence-corrected chi connectivity index (χ4v) is 4.00. The van der Waals surface area contributed by atoms with E-state index < -0.39 is 0 Å². The van der Waals surface area contributed by atoms with E-state index in [4.69, 9.17) is 9.15 Å². The highest BCUT2D eigenvalue weighted by molar-refractivity contribution is 5.85. The van der Waals surface area contributed by atoms with Gasteiger partial charge < -0.3 is 19.2 Å². The summed E-state index contributed by atoms with van der Waals surface area (Å²) in [5, 5.41) is 10.1. The third kappa shape index (κ3) is 6.55. The topological polar surface area (TPSA) is 75.8 Å². The number of hydrogen-bond acceptors (Lipinski definition) is 6. The summed E-state index contributed by atoms with van der Waals surface area (Å²) in [6.07, 6.45) is 9.56. The van der Waals surface area contributed by atoms with Gasteiger partial charge in [0.2, 0.25) is 0 Å². The van der Waals surface area contributed by atoms with E-state index in [1.807, 2.05) is 18.2 Å². The van der Waals surface area contributed by atoms with Crippen molar-refractivity contribution in [2.45, 2.75) is 44.6 Å². The summed E-state index contributed by atoms with van der Waals surface area (Å²) in [4.78, 5) is 19.1. The molecule has 0 bridgehead atoms. The van der Waals surface area contributed by atoms with Crippen molar-refractivity contribution in [2.24, 2.45) is 0 Å². The van der Waals surface area contributed by atoms with E-state index in [0.717, 1.165) is 50.9 Å². The SMILES string of the molecule is Cl.O=c1cc(-c2cccnc2)oc2ccc(OCCCCCCN3CCC(O)CC3)cc12. The van der Waals surface area contributed by atoms with Gasteiger partial charge in [0.05, 0.1) is 18.1 Å². The standard InChI is InChI=1S/C25H30N2O4.ClH/c28-20-9-13-27(14-10-20)12-3-1-2-4-15-30-21-7-8-24-22(16-21)23(29)17-25(31-24)19-6-5-11-26-18-19;/h5-8,11,16-18,20,28H,1-4,9-10,12-15H2;1H. The number of rotatable bonds is 9. The number of pyridine rings is 1. The van der Waals surface area contributed by atoms with Gasteiger partial charge in [-0.25, -0.2) is 0 Å². The lowest BCUT2D eigenvalue weighted by molar-refractivity contribution is 0.0817. The van der Waals surface area contributed by atoms with Crippen LogP contribution in [0, 0.1) is 0 Å². The number of piperidine rings is 1. The number of hydrogen-bond donors (Lipinski definition) is 1. The predicted octanol–water partition coefficient (Wildman–Crippen LogP) is 4.67. The Hall–Kier alpha value is -2.41. The van der Waals surface area contributed by atoms with Crippen molar-refractivity contribution in [1.82, 2.24) is 9.88 Å². The molecule has 0 aliphatic carbocycles. The second-order valence-corrected chi connectivity index (χ2v) is 8.21. The van der Waals surface area contributed by atoms with Gasteiger partial charge in [-0.05, 0) is 62.6 Å². The van der Waals surface area contributed by atoms with Crippen molar-refractivity contribution in [3.63, 3.8) is 0 Å². The van der Waals surface area contributed by atoms with Crippen LogP contribution in [-0.2, 0) is 0 Å². The molecule has 0 atom stereocenters. The highest BCUT2D eigenvalue weighted by Gasteiger charge is 2.15. The highest BCUT2D eigenvalue weighted by atomic mass is 35.5. The second-order valence-electron chi connectivity index (χ2n) is 8.21. The summed E-state index contributed by atoms with van der Waals surface area (Å²) >= 11 is 0. The van der Waals surface area contributed by atoms with Crippen LogP contribution in [0.3, 0.4) is 0 Å². The van der Waals surface area contributed by atoms with Crippen molar-refractivity contribution in [3.8, 4) is 17.1 Å². The molecule has 32 heavy (non-hydrogen) atoms. The fraction of sp³-hybridized carbons (Fsp3) is 0.440. The van der Waals surface area contributed by atoms with Crippen molar-refractivity contribution in [3.05, 3.63) is 59.0 Å². The smallest absolute Gasteiger partial charge is 0.193 e. The Bertz CT molecular complexity index is 1030. The van der Waals surface area contributed by atoms with Crippen LogP contribution in [0.2, 0.25) is 0 Å². The number of nitrogens with zero attached hydrogens (tertiary/aromatic N) is 2. The first-order valence-electron chi connectivity index (χ1n) is 11.2. The van der Waals surface area contributed by atoms with Crippen molar-refractivity contribution < 1.29 is 14.3 Å². The van der Waals surface area contributed by atoms with Crippen LogP contribution >= 0.6 is 12.4 Å². The lowest BCUT2D eigenvalue weighted by Gasteiger charge is -2.29. The number of likely N-dealkylation sites (tertiary alicyclic amines) is 1. The number of aromatic nitrogens is 1. The van der Waals surface area contributed by atoms with Gasteiger partial charge in [-0.2, -0.15) is 0 Å². The Morgan fingerprint density at radius 1 is 1.09 bits per heavy atom. The first-order chi connectivity index (χ1) is 15.2. The average Bonchev–Trinajstić information content (AvgIpc) is 2.80. The Kier molecular flexibility index (Phi) is 9.09. The minimum absolute atomic E-state index is 0. The number of halogens is 1. The fourth-order valence-electron chi connectivity index (χ4n) is 4.00. The van der Waals surface area contributed by atoms with Gasteiger partial charge in [0.1, 0.15) is 17.1 Å². The molecule has 4 rings (SSSR count). The molecule has 0 unspecified atom stereocenters. The molecular formula is C25H31ClN2O4. The average molecular weight is 459 g/mol. The molecule has 0 spiro atoms. The van der Waals surface area contributed by atoms with Gasteiger partial charge in [-0.15, -0.1) is 12.4 Å². The van der Waals surface area contributed by atoms with Gasteiger partial charge in [0, 0.05) is 37.1 Å². The zero-order valence-corrected chi connectivity index (χ0v) is 19.1. The minimum atomic E-state index is -0.0990. The van der Waals surface area contributed by atoms with E-state index in [2.05, 4.69) is 9.88 Å². The molecule has 7 heteroatoms. The molecule has 1 saturated heterocycles. The number of unbranched alkanes of at least 4 members (excludes halogenated alkanes) is 3. The van der Waals surface area contributed by atoms with Crippen molar-refractivity contribution in [1.29, 1.82) is 0 Å². The normalized spacial score (nSPS) is 14.9. The molecule has 1 aromatic carbocycles. The van der Waals surface area contributed by atoms with Gasteiger partial charge >= 0.3 is 0 Å². The molecule has 172 valence electrons. The van der Waals surface area contributed by atoms with Crippen LogP contribution < -0.4 is 10.2 Å². The van der Waals surface area contributed by atoms with E-state index in [0.29, 0.717) is 29.1 Å². The summed E-state index contributed by atoms with van der Waals surface area (Å²) in [5.41, 5.74) is 1.24. The first kappa shape index (κ1) is 24.2. The van der Waals surface area contributed by atoms with E-state index in [1.54, 1.807) is 24.5 Å². The Labute approximate surface area is 194 Å². The maximum Gasteiger partial charge on any atom is 0.193 e. The number of ether oxygens (including phenoxy) is 1. The molecule has 3 heterocycles. The number of aliphatic hydroxyl groups is 1. The van der Waals surface area contributed by atoms with Crippen LogP contribution in [0.4, 0.5) is 0 Å². The molecule has 1 fully saturated rings. The molecule has 1 N–H and O–H groups in total. The summed E-state index contributed by atoms with van der Waals surface area (Å²) in [5.74, 6) is 1.21. The van der Waals surface area contributed by atoms with Gasteiger partial charge in [0.15, 0.2) is 5.43 Å². The summed E-state index contributed by atoms with van der Waals surface area (Å²) in [7, 11) is 0. The maximum absolute atomic E-state index is 12.6. The molecule has 3 aromatic rings. The molecule has 0 saturated carbocycles. The van der Waals surface area contributed by atoms with E-state index in [9.17, 15) is 9.90 Å². The van der Waals surface area contributed by atoms with Gasteiger partial charge in [0.25, 0.3) is 0 Å². The second kappa shape index (κ2) is 12.0. The predicted molar refractivity (Wildman–Crippen MR) is 129 cm³/mol. The molecule has 1 aliphatic heterocycles. The summed E-state index contributed by atoms with van der Waals surface area (Å²) in [6, 6.07) is 10.6. The number of aliphatic hydroxyl groups excluding tert-OH is 1. The van der Waals surface area contributed by atoms with Crippen LogP contribution in [0.15, 0.2) is 58.0 Å². The van der Waals surface area contributed by atoms with Gasteiger partial charge in [-0.3, -0.25) is 9.78 Å². The molecule has 0 amide bonds. The third-order valence-corrected chi connectivity index (χ3v) is 5.84. The third-order valence-electron chi connectivity index (χ3n) is 5.84. The van der Waals surface area contributed by atoms with Crippen LogP contribution in [-0.4, -0.2) is 47.3 Å². The maximum atomic E-state index is 12.6. The Morgan fingerprint density at radius 3 is 2.69 bits per heavy atom. The quantitative estimate of drug-likeness (QED) is 0.469. The highest BCUT2D eigenvalue weighted by Crippen LogP contribution is 2.24. The lowest BCUT2D eigenvalue weighted by Crippen LogP contribution is -2.36. The van der Waals surface area contributed by atoms with Crippen molar-refractivity contribution >= 4 is 23.4 Å². The van der Waals surface area contributed by atoms with Crippen LogP contribution in [0.5, 0.6) is 5.75 Å². The van der Waals surface area contributed by atoms with Crippen LogP contribution in [0.25, 0.3) is 22.3 Å². The minimum Gasteiger partial charge on any atom is -0.494 e. The van der Waals surface area contributed by atoms with Crippen LogP contribution in [0.1, 0.15) is 38.5 Å². The molecule has 2 aromatic heterocycles. The molecule has 1 aliphatic rings. The van der Waals surface area contributed by atoms with Crippen molar-refractivity contribution in [2.75, 3.05) is 26.2 Å². The number of benzene rings is 1. The van der Waals surface area contributed by atoms with Gasteiger partial charge in [-0.1, -0.05) is 12.8 Å². The monoisotopic (exact) mass is 458 g/mol. The van der Waals surface area contributed by atoms with E-state index in [-0.39, 0.29) is 23.9 Å². The van der Waals surface area contributed by atoms with E-state index in [1.165, 1.54) is 18.9 Å². The molecular weight excluding hydrogens is 428 g/mol. The van der Waals surface area contributed by atoms with E-state index >= 15 is 0 Å². The zero-order valence-electron chi connectivity index (χ0n) is 18.2. The molecule has 6 nitrogen and oxygen atoms in total. The molecule has 0 radical (unpaired) electrons. The lowest BCUT2D eigenvalue weighted by atomic mass is 10.1. The Balaban J connectivity index is 0.00000289. The largest absolute Gasteiger partial charge is 0.494 e. The first-order valence-corrected chi connectivity index (χ1v) is 11.2. The Morgan fingerprint density at radius 2 is 1.91 bits per heavy atom. The summed E-state index contributed by atoms with van der Waals surface area (Å²) in [6.45, 7) is 3.80. The zero-order chi connectivity index (χ0) is 21.5. The number of fused-ring (bicyclic) bond motifs is 1.